The smallest absolute Gasteiger partial charge is 0.351 e. The van der Waals surface area contributed by atoms with E-state index < -0.39 is 80.2 Å². The van der Waals surface area contributed by atoms with Gasteiger partial charge in [-0.25, -0.2) is 14.4 Å². The van der Waals surface area contributed by atoms with Gasteiger partial charge in [0, 0.05) is 21.8 Å². The minimum atomic E-state index is -1.59. The minimum absolute atomic E-state index is 0.188. The molecule has 11 nitrogen and oxygen atoms in total. The lowest BCUT2D eigenvalue weighted by atomic mass is 9.66. The Morgan fingerprint density at radius 1 is 0.694 bits per heavy atom. The first-order valence-corrected chi connectivity index (χ1v) is 17.5. The molecule has 4 heterocycles. The van der Waals surface area contributed by atoms with Crippen LogP contribution in [0.25, 0.3) is 11.0 Å². The SMILES string of the molecule is CC1(C)Oc2ccc3c4c(c(=O)oc3c2[C@@H](OC(=O)[C@@]23CC[C@@](C)(C(=O)O2)C3(C)C)[C@H]1OC(=O)[C@@]12CC[C@@](C)(C(=O)O1)C2(C)C)CCCC4. The number of rotatable bonds is 4. The van der Waals surface area contributed by atoms with Gasteiger partial charge in [-0.1, -0.05) is 27.7 Å². The van der Waals surface area contributed by atoms with Gasteiger partial charge in [0.2, 0.25) is 11.2 Å². The van der Waals surface area contributed by atoms with E-state index in [1.54, 1.807) is 33.8 Å². The third kappa shape index (κ3) is 3.61. The van der Waals surface area contributed by atoms with E-state index in [0.29, 0.717) is 42.4 Å². The average molecular weight is 677 g/mol. The standard InChI is InChI=1S/C38H44O11/c1-32(2)26(46-31(43)38-18-16-36(8,29(41)49-38)34(38,5)6)25(45-30(42)37-17-15-35(7,28(40)48-37)33(37,3)4)23-22(47-32)14-13-20-19-11-9-10-12-21(19)27(39)44-24(20)23/h13-14,25-26H,9-12,15-18H2,1-8H3/t25-,26-,35+,36+,37-,38-/m1/s1. The van der Waals surface area contributed by atoms with Crippen molar-refractivity contribution in [3.05, 3.63) is 39.2 Å². The number of esters is 4. The molecule has 4 fully saturated rings. The Morgan fingerprint density at radius 3 is 1.73 bits per heavy atom. The maximum Gasteiger partial charge on any atom is 0.351 e. The molecule has 0 spiro atoms. The van der Waals surface area contributed by atoms with Crippen LogP contribution >= 0.6 is 0 Å². The maximum atomic E-state index is 14.6. The highest BCUT2D eigenvalue weighted by molar-refractivity contribution is 5.95. The molecular weight excluding hydrogens is 632 g/mol. The number of benzene rings is 1. The van der Waals surface area contributed by atoms with Crippen LogP contribution in [0.5, 0.6) is 5.75 Å². The molecule has 0 N–H and O–H groups in total. The van der Waals surface area contributed by atoms with Crippen LogP contribution in [-0.4, -0.2) is 46.8 Å². The van der Waals surface area contributed by atoms with E-state index in [2.05, 4.69) is 0 Å². The fourth-order valence-electron chi connectivity index (χ4n) is 9.88. The number of hydrogen-bond acceptors (Lipinski definition) is 11. The molecule has 262 valence electrons. The lowest BCUT2D eigenvalue weighted by Crippen LogP contribution is -2.57. The largest absolute Gasteiger partial charge is 0.483 e. The Kier molecular flexibility index (Phi) is 6.24. The van der Waals surface area contributed by atoms with Gasteiger partial charge in [0.15, 0.2) is 12.2 Å². The predicted octanol–water partition coefficient (Wildman–Crippen LogP) is 5.58. The Labute approximate surface area is 284 Å². The van der Waals surface area contributed by atoms with E-state index in [1.807, 2.05) is 33.8 Å². The zero-order chi connectivity index (χ0) is 35.3. The van der Waals surface area contributed by atoms with Crippen LogP contribution in [0.4, 0.5) is 0 Å². The molecule has 3 aliphatic heterocycles. The van der Waals surface area contributed by atoms with E-state index >= 15 is 0 Å². The third-order valence-corrected chi connectivity index (χ3v) is 14.3. The van der Waals surface area contributed by atoms with Crippen molar-refractivity contribution in [2.24, 2.45) is 21.7 Å². The fourth-order valence-corrected chi connectivity index (χ4v) is 9.88. The zero-order valence-corrected chi connectivity index (χ0v) is 29.5. The van der Waals surface area contributed by atoms with Gasteiger partial charge >= 0.3 is 29.5 Å². The highest BCUT2D eigenvalue weighted by atomic mass is 16.7. The van der Waals surface area contributed by atoms with Crippen LogP contribution in [0.15, 0.2) is 21.3 Å². The first kappa shape index (κ1) is 32.3. The molecular formula is C38H44O11. The predicted molar refractivity (Wildman–Crippen MR) is 172 cm³/mol. The van der Waals surface area contributed by atoms with Crippen molar-refractivity contribution in [1.82, 2.24) is 0 Å². The molecule has 11 heteroatoms. The molecule has 6 aliphatic rings. The van der Waals surface area contributed by atoms with Crippen LogP contribution in [0.1, 0.15) is 117 Å². The van der Waals surface area contributed by atoms with E-state index in [-0.39, 0.29) is 24.0 Å². The molecule has 0 radical (unpaired) electrons. The van der Waals surface area contributed by atoms with Crippen molar-refractivity contribution in [2.45, 2.75) is 136 Å². The van der Waals surface area contributed by atoms with Crippen LogP contribution in [-0.2, 0) is 51.0 Å². The van der Waals surface area contributed by atoms with Crippen molar-refractivity contribution in [3.8, 4) is 5.75 Å². The number of carbonyl (C=O) groups excluding carboxylic acids is 4. The van der Waals surface area contributed by atoms with Gasteiger partial charge in [0.05, 0.1) is 16.4 Å². The van der Waals surface area contributed by atoms with Crippen molar-refractivity contribution >= 4 is 34.8 Å². The van der Waals surface area contributed by atoms with E-state index in [4.69, 9.17) is 28.1 Å². The highest BCUT2D eigenvalue weighted by Crippen LogP contribution is 2.67. The van der Waals surface area contributed by atoms with Crippen LogP contribution in [0, 0.1) is 21.7 Å². The average Bonchev–Trinajstić information content (AvgIpc) is 3.50. The minimum Gasteiger partial charge on any atom is -0.483 e. The molecule has 2 saturated carbocycles. The van der Waals surface area contributed by atoms with Crippen LogP contribution < -0.4 is 10.4 Å². The second-order valence-corrected chi connectivity index (χ2v) is 17.1. The Morgan fingerprint density at radius 2 is 1.22 bits per heavy atom. The second-order valence-electron chi connectivity index (χ2n) is 17.1. The number of ether oxygens (including phenoxy) is 5. The zero-order valence-electron chi connectivity index (χ0n) is 29.5. The Hall–Kier alpha value is -3.89. The van der Waals surface area contributed by atoms with Gasteiger partial charge in [-0.2, -0.15) is 0 Å². The molecule has 1 aromatic carbocycles. The van der Waals surface area contributed by atoms with E-state index in [9.17, 15) is 24.0 Å². The molecule has 3 aliphatic carbocycles. The topological polar surface area (TPSA) is 145 Å². The molecule has 0 amide bonds. The first-order chi connectivity index (χ1) is 22.8. The van der Waals surface area contributed by atoms with Gasteiger partial charge in [0.1, 0.15) is 16.9 Å². The van der Waals surface area contributed by atoms with Gasteiger partial charge < -0.3 is 28.1 Å². The number of hydrogen-bond donors (Lipinski definition) is 0. The van der Waals surface area contributed by atoms with Crippen molar-refractivity contribution in [3.63, 3.8) is 0 Å². The molecule has 2 saturated heterocycles. The summed E-state index contributed by atoms with van der Waals surface area (Å²) in [6.45, 7) is 14.4. The highest BCUT2D eigenvalue weighted by Gasteiger charge is 2.78. The Balaban J connectivity index is 1.28. The first-order valence-electron chi connectivity index (χ1n) is 17.5. The quantitative estimate of drug-likeness (QED) is 0.227. The van der Waals surface area contributed by atoms with E-state index in [1.165, 1.54) is 0 Å². The van der Waals surface area contributed by atoms with Crippen LogP contribution in [0.3, 0.4) is 0 Å². The van der Waals surface area contributed by atoms with Gasteiger partial charge in [-0.15, -0.1) is 0 Å². The summed E-state index contributed by atoms with van der Waals surface area (Å²) in [4.78, 5) is 68.8. The maximum absolute atomic E-state index is 14.6. The summed E-state index contributed by atoms with van der Waals surface area (Å²) in [5.74, 6) is -2.17. The molecule has 49 heavy (non-hydrogen) atoms. The summed E-state index contributed by atoms with van der Waals surface area (Å²) >= 11 is 0. The molecule has 1 aromatic heterocycles. The Bertz CT molecular complexity index is 1950. The normalized spacial score (nSPS) is 37.1. The summed E-state index contributed by atoms with van der Waals surface area (Å²) in [6.07, 6.45) is 1.84. The fraction of sp³-hybridized carbons (Fsp3) is 0.658. The second kappa shape index (κ2) is 9.46. The van der Waals surface area contributed by atoms with Crippen molar-refractivity contribution in [2.75, 3.05) is 0 Å². The monoisotopic (exact) mass is 676 g/mol. The van der Waals surface area contributed by atoms with Gasteiger partial charge in [-0.3, -0.25) is 9.59 Å². The van der Waals surface area contributed by atoms with Gasteiger partial charge in [-0.05, 0) is 96.8 Å². The van der Waals surface area contributed by atoms with Gasteiger partial charge in [0.25, 0.3) is 0 Å². The third-order valence-electron chi connectivity index (χ3n) is 14.3. The molecule has 2 aromatic rings. The molecule has 6 atom stereocenters. The van der Waals surface area contributed by atoms with E-state index in [0.717, 1.165) is 18.4 Å². The molecule has 4 bridgehead atoms. The summed E-state index contributed by atoms with van der Waals surface area (Å²) in [5.41, 5.74) is -6.55. The summed E-state index contributed by atoms with van der Waals surface area (Å²) in [7, 11) is 0. The summed E-state index contributed by atoms with van der Waals surface area (Å²) in [6, 6.07) is 3.62. The molecule has 8 rings (SSSR count). The van der Waals surface area contributed by atoms with Crippen molar-refractivity contribution < 1.29 is 47.3 Å². The number of aryl methyl sites for hydroxylation is 1. The number of fused-ring (bicyclic) bond motifs is 9. The summed E-state index contributed by atoms with van der Waals surface area (Å²) < 4.78 is 37.2. The lowest BCUT2D eigenvalue weighted by Gasteiger charge is -2.46. The lowest BCUT2D eigenvalue weighted by molar-refractivity contribution is -0.217. The van der Waals surface area contributed by atoms with Crippen LogP contribution in [0.2, 0.25) is 0 Å². The van der Waals surface area contributed by atoms with Crippen molar-refractivity contribution in [1.29, 1.82) is 0 Å². The molecule has 0 unspecified atom stereocenters. The number of carbonyl (C=O) groups is 4. The summed E-state index contributed by atoms with van der Waals surface area (Å²) in [5, 5.41) is 0.692.